The second-order valence-corrected chi connectivity index (χ2v) is 1.87. The van der Waals surface area contributed by atoms with Crippen LogP contribution < -0.4 is 0 Å². The number of amides is 1. The van der Waals surface area contributed by atoms with Crippen molar-refractivity contribution in [3.63, 3.8) is 0 Å². The number of nitrogens with one attached hydrogen (secondary N) is 1. The maximum Gasteiger partial charge on any atom is 0.279 e. The number of aliphatic imine (C=N–C) groups is 1. The number of aromatic nitrogens is 1. The Labute approximate surface area is 63.6 Å². The van der Waals surface area contributed by atoms with E-state index in [4.69, 9.17) is 0 Å². The minimum Gasteiger partial charge on any atom is -0.360 e. The van der Waals surface area contributed by atoms with E-state index < -0.39 is 0 Å². The Kier molecular flexibility index (Phi) is 1.59. The summed E-state index contributed by atoms with van der Waals surface area (Å²) >= 11 is 0. The highest BCUT2D eigenvalue weighted by Gasteiger charge is 2.14. The van der Waals surface area contributed by atoms with E-state index in [0.717, 1.165) is 5.69 Å². The molecule has 0 unspecified atom stereocenters. The molecule has 1 aliphatic rings. The standard InChI is InChI=1S/C6H4N2O.ClH/c9-6-4-1-2-7-5(4)3-8-6;/h1-3,7H;1H. The topological polar surface area (TPSA) is 45.2 Å². The van der Waals surface area contributed by atoms with Crippen molar-refractivity contribution in [2.75, 3.05) is 0 Å². The largest absolute Gasteiger partial charge is 0.360 e. The van der Waals surface area contributed by atoms with Gasteiger partial charge in [-0.05, 0) is 6.07 Å². The molecule has 1 N–H and O–H groups in total. The smallest absolute Gasteiger partial charge is 0.279 e. The van der Waals surface area contributed by atoms with Crippen molar-refractivity contribution in [3.8, 4) is 0 Å². The van der Waals surface area contributed by atoms with Gasteiger partial charge in [-0.2, -0.15) is 0 Å². The summed E-state index contributed by atoms with van der Waals surface area (Å²) in [6.45, 7) is 0. The van der Waals surface area contributed by atoms with E-state index in [1.807, 2.05) is 0 Å². The van der Waals surface area contributed by atoms with Crippen LogP contribution in [0.1, 0.15) is 16.1 Å². The van der Waals surface area contributed by atoms with E-state index in [1.165, 1.54) is 6.21 Å². The molecule has 2 heterocycles. The Hall–Kier alpha value is -1.09. The van der Waals surface area contributed by atoms with Crippen LogP contribution in [0.3, 0.4) is 0 Å². The molecule has 0 fully saturated rings. The lowest BCUT2D eigenvalue weighted by molar-refractivity contribution is 0.101. The van der Waals surface area contributed by atoms with E-state index >= 15 is 0 Å². The van der Waals surface area contributed by atoms with Gasteiger partial charge < -0.3 is 4.98 Å². The highest BCUT2D eigenvalue weighted by molar-refractivity contribution is 6.11. The molecule has 4 heteroatoms. The molecule has 0 aliphatic carbocycles. The van der Waals surface area contributed by atoms with Crippen molar-refractivity contribution in [2.24, 2.45) is 4.99 Å². The first-order valence-electron chi connectivity index (χ1n) is 2.64. The maximum absolute atomic E-state index is 10.7. The molecule has 0 aromatic carbocycles. The summed E-state index contributed by atoms with van der Waals surface area (Å²) in [6.07, 6.45) is 3.27. The van der Waals surface area contributed by atoms with Crippen molar-refractivity contribution in [3.05, 3.63) is 23.5 Å². The number of hydrogen-bond acceptors (Lipinski definition) is 1. The van der Waals surface area contributed by atoms with Gasteiger partial charge in [-0.3, -0.25) is 4.79 Å². The van der Waals surface area contributed by atoms with Crippen LogP contribution in [-0.4, -0.2) is 17.1 Å². The van der Waals surface area contributed by atoms with Crippen molar-refractivity contribution >= 4 is 24.5 Å². The Morgan fingerprint density at radius 2 is 2.30 bits per heavy atom. The van der Waals surface area contributed by atoms with Crippen LogP contribution in [0, 0.1) is 0 Å². The van der Waals surface area contributed by atoms with Crippen LogP contribution in [0.25, 0.3) is 0 Å². The molecule has 0 atom stereocenters. The zero-order valence-electron chi connectivity index (χ0n) is 5.00. The first-order chi connectivity index (χ1) is 4.38. The molecule has 0 radical (unpaired) electrons. The number of carbonyl (C=O) groups is 1. The molecule has 52 valence electrons. The van der Waals surface area contributed by atoms with Gasteiger partial charge in [0.05, 0.1) is 17.5 Å². The van der Waals surface area contributed by atoms with Crippen LogP contribution in [0.2, 0.25) is 0 Å². The van der Waals surface area contributed by atoms with Gasteiger partial charge in [-0.1, -0.05) is 0 Å². The van der Waals surface area contributed by atoms with Gasteiger partial charge in [-0.25, -0.2) is 4.99 Å². The predicted molar refractivity (Wildman–Crippen MR) is 40.0 cm³/mol. The molecule has 0 saturated heterocycles. The number of halogens is 1. The Morgan fingerprint density at radius 1 is 1.50 bits per heavy atom. The van der Waals surface area contributed by atoms with Crippen LogP contribution in [0.4, 0.5) is 0 Å². The number of fused-ring (bicyclic) bond motifs is 1. The summed E-state index contributed by atoms with van der Waals surface area (Å²) in [5.74, 6) is -0.147. The van der Waals surface area contributed by atoms with Gasteiger partial charge in [0, 0.05) is 6.20 Å². The van der Waals surface area contributed by atoms with Crippen molar-refractivity contribution in [2.45, 2.75) is 0 Å². The van der Waals surface area contributed by atoms with Crippen LogP contribution in [0.15, 0.2) is 17.3 Å². The molecule has 1 aromatic rings. The van der Waals surface area contributed by atoms with E-state index in [-0.39, 0.29) is 18.3 Å². The molecule has 0 bridgehead atoms. The van der Waals surface area contributed by atoms with E-state index in [2.05, 4.69) is 9.98 Å². The van der Waals surface area contributed by atoms with Crippen molar-refractivity contribution in [1.29, 1.82) is 0 Å². The average Bonchev–Trinajstić information content (AvgIpc) is 2.35. The van der Waals surface area contributed by atoms with Gasteiger partial charge in [-0.15, -0.1) is 12.4 Å². The van der Waals surface area contributed by atoms with Crippen LogP contribution in [0.5, 0.6) is 0 Å². The predicted octanol–water partition coefficient (Wildman–Crippen LogP) is 1.01. The fourth-order valence-electron chi connectivity index (χ4n) is 0.868. The van der Waals surface area contributed by atoms with E-state index in [0.29, 0.717) is 5.56 Å². The third-order valence-electron chi connectivity index (χ3n) is 1.32. The second kappa shape index (κ2) is 2.27. The van der Waals surface area contributed by atoms with Crippen molar-refractivity contribution in [1.82, 2.24) is 4.98 Å². The number of carbonyl (C=O) groups excluding carboxylic acids is 1. The summed E-state index contributed by atoms with van der Waals surface area (Å²) in [4.78, 5) is 17.2. The molecule has 0 spiro atoms. The zero-order valence-corrected chi connectivity index (χ0v) is 5.81. The Morgan fingerprint density at radius 3 is 3.00 bits per heavy atom. The summed E-state index contributed by atoms with van der Waals surface area (Å²) in [5.41, 5.74) is 1.50. The monoisotopic (exact) mass is 156 g/mol. The molecule has 1 amide bonds. The quantitative estimate of drug-likeness (QED) is 0.599. The molecule has 2 rings (SSSR count). The number of hydrogen-bond donors (Lipinski definition) is 1. The highest BCUT2D eigenvalue weighted by Crippen LogP contribution is 2.10. The second-order valence-electron chi connectivity index (χ2n) is 1.87. The lowest BCUT2D eigenvalue weighted by atomic mass is 10.3. The van der Waals surface area contributed by atoms with Crippen molar-refractivity contribution < 1.29 is 4.79 Å². The Balaban J connectivity index is 0.000000500. The van der Waals surface area contributed by atoms with E-state index in [1.54, 1.807) is 12.3 Å². The summed E-state index contributed by atoms with van der Waals surface area (Å²) in [7, 11) is 0. The SMILES string of the molecule is Cl.O=C1N=Cc2[nH]ccc21. The fourth-order valence-corrected chi connectivity index (χ4v) is 0.868. The number of rotatable bonds is 0. The number of nitrogens with zero attached hydrogens (tertiary/aromatic N) is 1. The van der Waals surface area contributed by atoms with Crippen LogP contribution in [-0.2, 0) is 0 Å². The maximum atomic E-state index is 10.7. The minimum atomic E-state index is -0.147. The molecule has 1 aliphatic heterocycles. The first kappa shape index (κ1) is 7.02. The van der Waals surface area contributed by atoms with Crippen LogP contribution >= 0.6 is 12.4 Å². The fraction of sp³-hybridized carbons (Fsp3) is 0. The average molecular weight is 157 g/mol. The molecular weight excluding hydrogens is 152 g/mol. The lowest BCUT2D eigenvalue weighted by Crippen LogP contribution is -1.85. The molecule has 10 heavy (non-hydrogen) atoms. The Bertz CT molecular complexity index is 290. The summed E-state index contributed by atoms with van der Waals surface area (Å²) < 4.78 is 0. The third kappa shape index (κ3) is 0.752. The van der Waals surface area contributed by atoms with Gasteiger partial charge in [0.15, 0.2) is 0 Å². The van der Waals surface area contributed by atoms with Gasteiger partial charge in [0.25, 0.3) is 5.91 Å². The molecule has 3 nitrogen and oxygen atoms in total. The molecule has 0 saturated carbocycles. The third-order valence-corrected chi connectivity index (χ3v) is 1.32. The van der Waals surface area contributed by atoms with Gasteiger partial charge >= 0.3 is 0 Å². The molecular formula is C6H5ClN2O. The van der Waals surface area contributed by atoms with Gasteiger partial charge in [0.2, 0.25) is 0 Å². The summed E-state index contributed by atoms with van der Waals surface area (Å²) in [5, 5.41) is 0. The summed E-state index contributed by atoms with van der Waals surface area (Å²) in [6, 6.07) is 1.73. The van der Waals surface area contributed by atoms with Gasteiger partial charge in [0.1, 0.15) is 0 Å². The highest BCUT2D eigenvalue weighted by atomic mass is 35.5. The molecule has 1 aromatic heterocycles. The number of aromatic amines is 1. The zero-order chi connectivity index (χ0) is 6.27. The lowest BCUT2D eigenvalue weighted by Gasteiger charge is -1.77. The first-order valence-corrected chi connectivity index (χ1v) is 2.64. The minimum absolute atomic E-state index is 0. The normalized spacial score (nSPS) is 13.0. The van der Waals surface area contributed by atoms with E-state index in [9.17, 15) is 4.79 Å². The number of H-pyrrole nitrogens is 1.